The number of rotatable bonds is 6. The molecule has 0 unspecified atom stereocenters. The van der Waals surface area contributed by atoms with Crippen LogP contribution in [0.1, 0.15) is 11.1 Å². The largest absolute Gasteiger partial charge is 0.497 e. The third kappa shape index (κ3) is 4.53. The molecule has 6 nitrogen and oxygen atoms in total. The van der Waals surface area contributed by atoms with Crippen LogP contribution in [0, 0.1) is 0 Å². The summed E-state index contributed by atoms with van der Waals surface area (Å²) in [6, 6.07) is 23.8. The maximum atomic E-state index is 13.2. The molecule has 7 heteroatoms. The van der Waals surface area contributed by atoms with E-state index in [-0.39, 0.29) is 10.7 Å². The molecule has 2 amide bonds. The van der Waals surface area contributed by atoms with Gasteiger partial charge < -0.3 is 9.47 Å². The highest BCUT2D eigenvalue weighted by atomic mass is 32.1. The number of carbonyl (C=O) groups is 2. The van der Waals surface area contributed by atoms with Crippen LogP contribution in [0.5, 0.6) is 11.5 Å². The van der Waals surface area contributed by atoms with Crippen LogP contribution < -0.4 is 19.7 Å². The van der Waals surface area contributed by atoms with Crippen LogP contribution in [-0.4, -0.2) is 24.0 Å². The third-order valence-electron chi connectivity index (χ3n) is 4.87. The quantitative estimate of drug-likeness (QED) is 0.352. The summed E-state index contributed by atoms with van der Waals surface area (Å²) in [6.07, 6.45) is 1.51. The molecular weight excluding hydrogens is 424 g/mol. The SMILES string of the molecule is COc1ccc(/C=C2/C(=O)NC(=S)N(c3ccccc3)C2=O)c(OCc2ccccc2)c1. The first-order valence-electron chi connectivity index (χ1n) is 9.88. The predicted octanol–water partition coefficient (Wildman–Crippen LogP) is 4.11. The molecule has 1 heterocycles. The Morgan fingerprint density at radius 1 is 0.969 bits per heavy atom. The zero-order valence-corrected chi connectivity index (χ0v) is 18.1. The Bertz CT molecular complexity index is 1190. The monoisotopic (exact) mass is 444 g/mol. The first kappa shape index (κ1) is 21.3. The van der Waals surface area contributed by atoms with Gasteiger partial charge in [0, 0.05) is 11.6 Å². The molecular formula is C25H20N2O4S. The van der Waals surface area contributed by atoms with Gasteiger partial charge in [-0.3, -0.25) is 19.8 Å². The van der Waals surface area contributed by atoms with E-state index in [0.717, 1.165) is 5.56 Å². The summed E-state index contributed by atoms with van der Waals surface area (Å²) in [7, 11) is 1.56. The van der Waals surface area contributed by atoms with Gasteiger partial charge in [-0.15, -0.1) is 0 Å². The second-order valence-electron chi connectivity index (χ2n) is 6.97. The molecule has 1 fully saturated rings. The van der Waals surface area contributed by atoms with Crippen molar-refractivity contribution < 1.29 is 19.1 Å². The lowest BCUT2D eigenvalue weighted by atomic mass is 10.1. The van der Waals surface area contributed by atoms with E-state index in [1.165, 1.54) is 11.0 Å². The average molecular weight is 445 g/mol. The van der Waals surface area contributed by atoms with E-state index in [1.807, 2.05) is 36.4 Å². The number of nitrogens with zero attached hydrogens (tertiary/aromatic N) is 1. The standard InChI is InChI=1S/C25H20N2O4S/c1-30-20-13-12-18(22(15-20)31-16-17-8-4-2-5-9-17)14-21-23(28)26-25(32)27(24(21)29)19-10-6-3-7-11-19/h2-15H,16H2,1H3,(H,26,28,32)/b21-14-. The van der Waals surface area contributed by atoms with Crippen molar-refractivity contribution in [3.63, 3.8) is 0 Å². The molecule has 1 aliphatic rings. The Labute approximate surface area is 191 Å². The van der Waals surface area contributed by atoms with Crippen LogP contribution in [0.4, 0.5) is 5.69 Å². The van der Waals surface area contributed by atoms with Gasteiger partial charge in [-0.05, 0) is 48.1 Å². The van der Waals surface area contributed by atoms with Crippen molar-refractivity contribution in [3.05, 3.63) is 95.6 Å². The highest BCUT2D eigenvalue weighted by molar-refractivity contribution is 7.80. The summed E-state index contributed by atoms with van der Waals surface area (Å²) in [6.45, 7) is 0.324. The molecule has 0 aromatic heterocycles. The van der Waals surface area contributed by atoms with Crippen molar-refractivity contribution in [2.45, 2.75) is 6.61 Å². The van der Waals surface area contributed by atoms with E-state index in [9.17, 15) is 9.59 Å². The van der Waals surface area contributed by atoms with Crippen molar-refractivity contribution in [1.29, 1.82) is 0 Å². The van der Waals surface area contributed by atoms with Crippen LogP contribution in [0.15, 0.2) is 84.4 Å². The van der Waals surface area contributed by atoms with E-state index in [2.05, 4.69) is 5.32 Å². The molecule has 0 saturated carbocycles. The van der Waals surface area contributed by atoms with Gasteiger partial charge in [-0.2, -0.15) is 0 Å². The van der Waals surface area contributed by atoms with Crippen LogP contribution >= 0.6 is 12.2 Å². The molecule has 3 aromatic carbocycles. The minimum Gasteiger partial charge on any atom is -0.497 e. The van der Waals surface area contributed by atoms with Gasteiger partial charge in [-0.25, -0.2) is 0 Å². The van der Waals surface area contributed by atoms with Crippen molar-refractivity contribution in [2.24, 2.45) is 0 Å². The number of thiocarbonyl (C=S) groups is 1. The summed E-state index contributed by atoms with van der Waals surface area (Å²) in [5, 5.41) is 2.63. The molecule has 4 rings (SSSR count). The van der Waals surface area contributed by atoms with Crippen molar-refractivity contribution in [1.82, 2.24) is 5.32 Å². The Kier molecular flexibility index (Phi) is 6.28. The lowest BCUT2D eigenvalue weighted by Crippen LogP contribution is -2.54. The number of ether oxygens (including phenoxy) is 2. The zero-order valence-electron chi connectivity index (χ0n) is 17.3. The average Bonchev–Trinajstić information content (AvgIpc) is 2.82. The second-order valence-corrected chi connectivity index (χ2v) is 7.36. The zero-order chi connectivity index (χ0) is 22.5. The highest BCUT2D eigenvalue weighted by Crippen LogP contribution is 2.29. The van der Waals surface area contributed by atoms with Gasteiger partial charge in [0.1, 0.15) is 23.7 Å². The highest BCUT2D eigenvalue weighted by Gasteiger charge is 2.34. The number of anilines is 1. The van der Waals surface area contributed by atoms with Crippen LogP contribution in [0.2, 0.25) is 0 Å². The van der Waals surface area contributed by atoms with Gasteiger partial charge in [0.15, 0.2) is 5.11 Å². The van der Waals surface area contributed by atoms with Crippen molar-refractivity contribution in [3.8, 4) is 11.5 Å². The number of para-hydroxylation sites is 1. The molecule has 3 aromatic rings. The summed E-state index contributed by atoms with van der Waals surface area (Å²) in [4.78, 5) is 27.1. The molecule has 0 radical (unpaired) electrons. The summed E-state index contributed by atoms with van der Waals surface area (Å²) >= 11 is 5.24. The van der Waals surface area contributed by atoms with E-state index in [4.69, 9.17) is 21.7 Å². The van der Waals surface area contributed by atoms with E-state index >= 15 is 0 Å². The topological polar surface area (TPSA) is 67.9 Å². The number of amides is 2. The van der Waals surface area contributed by atoms with Gasteiger partial charge in [0.2, 0.25) is 0 Å². The molecule has 1 saturated heterocycles. The first-order valence-corrected chi connectivity index (χ1v) is 10.3. The first-order chi connectivity index (χ1) is 15.6. The number of hydrogen-bond donors (Lipinski definition) is 1. The van der Waals surface area contributed by atoms with Crippen molar-refractivity contribution >= 4 is 40.9 Å². The molecule has 0 bridgehead atoms. The molecule has 1 aliphatic heterocycles. The fourth-order valence-electron chi connectivity index (χ4n) is 3.25. The molecule has 32 heavy (non-hydrogen) atoms. The van der Waals surface area contributed by atoms with Crippen LogP contribution in [0.3, 0.4) is 0 Å². The Balaban J connectivity index is 1.69. The number of nitrogens with one attached hydrogen (secondary N) is 1. The van der Waals surface area contributed by atoms with Gasteiger partial charge in [0.25, 0.3) is 11.8 Å². The predicted molar refractivity (Wildman–Crippen MR) is 126 cm³/mol. The van der Waals surface area contributed by atoms with Crippen molar-refractivity contribution in [2.75, 3.05) is 12.0 Å². The smallest absolute Gasteiger partial charge is 0.270 e. The van der Waals surface area contributed by atoms with Crippen LogP contribution in [-0.2, 0) is 16.2 Å². The lowest BCUT2D eigenvalue weighted by Gasteiger charge is -2.29. The minimum absolute atomic E-state index is 0.0404. The second kappa shape index (κ2) is 9.45. The Hall–Kier alpha value is -3.97. The maximum absolute atomic E-state index is 13.2. The van der Waals surface area contributed by atoms with E-state index < -0.39 is 11.8 Å². The summed E-state index contributed by atoms with van der Waals surface area (Å²) in [5.41, 5.74) is 2.09. The lowest BCUT2D eigenvalue weighted by molar-refractivity contribution is -0.122. The summed E-state index contributed by atoms with van der Waals surface area (Å²) in [5.74, 6) is 0.0224. The fourth-order valence-corrected chi connectivity index (χ4v) is 3.53. The normalized spacial score (nSPS) is 15.0. The third-order valence-corrected chi connectivity index (χ3v) is 5.16. The molecule has 1 N–H and O–H groups in total. The van der Waals surface area contributed by atoms with Gasteiger partial charge in [-0.1, -0.05) is 48.5 Å². The Morgan fingerprint density at radius 2 is 1.66 bits per heavy atom. The van der Waals surface area contributed by atoms with E-state index in [0.29, 0.717) is 29.4 Å². The molecule has 0 spiro atoms. The molecule has 0 aliphatic carbocycles. The fraction of sp³-hybridized carbons (Fsp3) is 0.0800. The minimum atomic E-state index is -0.558. The van der Waals surface area contributed by atoms with Gasteiger partial charge in [0.05, 0.1) is 12.8 Å². The molecule has 0 atom stereocenters. The van der Waals surface area contributed by atoms with Crippen LogP contribution in [0.25, 0.3) is 6.08 Å². The maximum Gasteiger partial charge on any atom is 0.270 e. The molecule has 160 valence electrons. The van der Waals surface area contributed by atoms with Gasteiger partial charge >= 0.3 is 0 Å². The van der Waals surface area contributed by atoms with E-state index in [1.54, 1.807) is 49.6 Å². The number of benzene rings is 3. The number of hydrogen-bond acceptors (Lipinski definition) is 5. The summed E-state index contributed by atoms with van der Waals surface area (Å²) < 4.78 is 11.3. The Morgan fingerprint density at radius 3 is 2.34 bits per heavy atom. The number of carbonyl (C=O) groups excluding carboxylic acids is 2. The number of methoxy groups -OCH3 is 1.